The van der Waals surface area contributed by atoms with E-state index in [-0.39, 0.29) is 5.91 Å². The molecule has 2 aromatic rings. The number of hydrogen-bond donors (Lipinski definition) is 1. The predicted octanol–water partition coefficient (Wildman–Crippen LogP) is 0.335. The third-order valence-electron chi connectivity index (χ3n) is 2.66. The van der Waals surface area contributed by atoms with Crippen LogP contribution in [-0.4, -0.2) is 26.6 Å². The Bertz CT molecular complexity index is 629. The first kappa shape index (κ1) is 9.02. The zero-order valence-corrected chi connectivity index (χ0v) is 8.52. The summed E-state index contributed by atoms with van der Waals surface area (Å²) in [5, 5.41) is 6.99. The van der Waals surface area contributed by atoms with Crippen LogP contribution in [0.2, 0.25) is 0 Å². The highest BCUT2D eigenvalue weighted by molar-refractivity contribution is 6.25. The Hall–Kier alpha value is -2.24. The first-order chi connectivity index (χ1) is 7.72. The van der Waals surface area contributed by atoms with Crippen LogP contribution in [0.3, 0.4) is 0 Å². The number of aromatic nitrogens is 3. The maximum Gasteiger partial charge on any atom is 0.260 e. The van der Waals surface area contributed by atoms with E-state index in [4.69, 9.17) is 0 Å². The van der Waals surface area contributed by atoms with E-state index in [0.29, 0.717) is 28.7 Å². The maximum atomic E-state index is 11.6. The Morgan fingerprint density at radius 3 is 2.88 bits per heavy atom. The quantitative estimate of drug-likeness (QED) is 0.697. The molecule has 0 aliphatic carbocycles. The SMILES string of the molecule is CCn1ncc2c3c(cnc21)C(=O)NC3=O. The molecule has 3 rings (SSSR count). The van der Waals surface area contributed by atoms with Crippen molar-refractivity contribution in [3.8, 4) is 0 Å². The number of amides is 2. The van der Waals surface area contributed by atoms with Gasteiger partial charge in [0.15, 0.2) is 5.65 Å². The van der Waals surface area contributed by atoms with Crippen LogP contribution in [0, 0.1) is 0 Å². The van der Waals surface area contributed by atoms with E-state index in [2.05, 4.69) is 15.4 Å². The molecule has 16 heavy (non-hydrogen) atoms. The van der Waals surface area contributed by atoms with Gasteiger partial charge >= 0.3 is 0 Å². The summed E-state index contributed by atoms with van der Waals surface area (Å²) in [5.41, 5.74) is 1.34. The third-order valence-corrected chi connectivity index (χ3v) is 2.66. The molecular weight excluding hydrogens is 208 g/mol. The fourth-order valence-electron chi connectivity index (χ4n) is 1.91. The van der Waals surface area contributed by atoms with Crippen molar-refractivity contribution in [2.24, 2.45) is 0 Å². The monoisotopic (exact) mass is 216 g/mol. The van der Waals surface area contributed by atoms with Gasteiger partial charge in [0.05, 0.1) is 22.7 Å². The van der Waals surface area contributed by atoms with Gasteiger partial charge in [0.1, 0.15) is 0 Å². The molecule has 0 aromatic carbocycles. The zero-order valence-electron chi connectivity index (χ0n) is 8.52. The molecule has 0 atom stereocenters. The van der Waals surface area contributed by atoms with Gasteiger partial charge in [0.2, 0.25) is 0 Å². The van der Waals surface area contributed by atoms with E-state index < -0.39 is 5.91 Å². The van der Waals surface area contributed by atoms with Crippen LogP contribution in [0.5, 0.6) is 0 Å². The summed E-state index contributed by atoms with van der Waals surface area (Å²) in [7, 11) is 0. The Kier molecular flexibility index (Phi) is 1.62. The molecule has 0 saturated heterocycles. The number of nitrogens with one attached hydrogen (secondary N) is 1. The van der Waals surface area contributed by atoms with Crippen LogP contribution in [0.25, 0.3) is 11.0 Å². The van der Waals surface area contributed by atoms with Gasteiger partial charge in [-0.3, -0.25) is 14.9 Å². The number of carbonyl (C=O) groups is 2. The van der Waals surface area contributed by atoms with Crippen LogP contribution in [0.15, 0.2) is 12.4 Å². The van der Waals surface area contributed by atoms with Crippen molar-refractivity contribution in [3.05, 3.63) is 23.5 Å². The molecule has 0 spiro atoms. The van der Waals surface area contributed by atoms with Crippen molar-refractivity contribution < 1.29 is 9.59 Å². The molecule has 0 radical (unpaired) electrons. The molecule has 1 aliphatic rings. The highest BCUT2D eigenvalue weighted by Gasteiger charge is 2.30. The topological polar surface area (TPSA) is 76.9 Å². The molecular formula is C10H8N4O2. The van der Waals surface area contributed by atoms with E-state index in [0.717, 1.165) is 0 Å². The number of pyridine rings is 1. The Morgan fingerprint density at radius 2 is 2.12 bits per heavy atom. The molecule has 3 heterocycles. The molecule has 6 nitrogen and oxygen atoms in total. The molecule has 6 heteroatoms. The van der Waals surface area contributed by atoms with E-state index in [1.807, 2.05) is 6.92 Å². The van der Waals surface area contributed by atoms with Gasteiger partial charge < -0.3 is 0 Å². The number of nitrogens with zero attached hydrogens (tertiary/aromatic N) is 3. The minimum atomic E-state index is -0.390. The Morgan fingerprint density at radius 1 is 1.31 bits per heavy atom. The van der Waals surface area contributed by atoms with Gasteiger partial charge in [0, 0.05) is 12.7 Å². The van der Waals surface area contributed by atoms with Crippen molar-refractivity contribution in [1.29, 1.82) is 0 Å². The lowest BCUT2D eigenvalue weighted by atomic mass is 10.1. The summed E-state index contributed by atoms with van der Waals surface area (Å²) < 4.78 is 1.69. The van der Waals surface area contributed by atoms with E-state index in [9.17, 15) is 9.59 Å². The second-order valence-corrected chi connectivity index (χ2v) is 3.53. The number of fused-ring (bicyclic) bond motifs is 3. The Balaban J connectivity index is 2.41. The van der Waals surface area contributed by atoms with Gasteiger partial charge in [0.25, 0.3) is 11.8 Å². The second kappa shape index (κ2) is 2.88. The summed E-state index contributed by atoms with van der Waals surface area (Å²) in [6.07, 6.45) is 2.99. The fourth-order valence-corrected chi connectivity index (χ4v) is 1.91. The van der Waals surface area contributed by atoms with Crippen LogP contribution in [0.1, 0.15) is 27.6 Å². The minimum absolute atomic E-state index is 0.327. The lowest BCUT2D eigenvalue weighted by Crippen LogP contribution is -2.19. The molecule has 1 aliphatic heterocycles. The minimum Gasteiger partial charge on any atom is -0.288 e. The number of carbonyl (C=O) groups excluding carboxylic acids is 2. The maximum absolute atomic E-state index is 11.6. The fraction of sp³-hybridized carbons (Fsp3) is 0.200. The number of hydrogen-bond acceptors (Lipinski definition) is 4. The van der Waals surface area contributed by atoms with Crippen molar-refractivity contribution in [2.75, 3.05) is 0 Å². The van der Waals surface area contributed by atoms with E-state index in [1.54, 1.807) is 10.9 Å². The smallest absolute Gasteiger partial charge is 0.260 e. The van der Waals surface area contributed by atoms with Crippen molar-refractivity contribution in [2.45, 2.75) is 13.5 Å². The highest BCUT2D eigenvalue weighted by atomic mass is 16.2. The van der Waals surface area contributed by atoms with Crippen molar-refractivity contribution >= 4 is 22.8 Å². The first-order valence-electron chi connectivity index (χ1n) is 4.92. The van der Waals surface area contributed by atoms with Crippen molar-refractivity contribution in [3.63, 3.8) is 0 Å². The van der Waals surface area contributed by atoms with Gasteiger partial charge in [-0.2, -0.15) is 5.10 Å². The lowest BCUT2D eigenvalue weighted by molar-refractivity contribution is 0.0880. The number of aryl methyl sites for hydroxylation is 1. The summed E-state index contributed by atoms with van der Waals surface area (Å²) in [6, 6.07) is 0. The lowest BCUT2D eigenvalue weighted by Gasteiger charge is -1.98. The molecule has 0 saturated carbocycles. The third kappa shape index (κ3) is 0.955. The average molecular weight is 216 g/mol. The summed E-state index contributed by atoms with van der Waals surface area (Å²) in [5.74, 6) is -0.762. The summed E-state index contributed by atoms with van der Waals surface area (Å²) in [4.78, 5) is 27.1. The van der Waals surface area contributed by atoms with Crippen molar-refractivity contribution in [1.82, 2.24) is 20.1 Å². The second-order valence-electron chi connectivity index (χ2n) is 3.53. The van der Waals surface area contributed by atoms with Gasteiger partial charge in [-0.05, 0) is 6.92 Å². The van der Waals surface area contributed by atoms with Gasteiger partial charge in [-0.1, -0.05) is 0 Å². The van der Waals surface area contributed by atoms with Crippen LogP contribution in [0.4, 0.5) is 0 Å². The average Bonchev–Trinajstić information content (AvgIpc) is 2.80. The molecule has 0 bridgehead atoms. The highest BCUT2D eigenvalue weighted by Crippen LogP contribution is 2.23. The van der Waals surface area contributed by atoms with Gasteiger partial charge in [-0.15, -0.1) is 0 Å². The molecule has 2 amide bonds. The summed E-state index contributed by atoms with van der Waals surface area (Å²) >= 11 is 0. The molecule has 2 aromatic heterocycles. The van der Waals surface area contributed by atoms with Crippen LogP contribution < -0.4 is 5.32 Å². The predicted molar refractivity (Wildman–Crippen MR) is 55.0 cm³/mol. The zero-order chi connectivity index (χ0) is 11.3. The number of imide groups is 1. The van der Waals surface area contributed by atoms with E-state index in [1.165, 1.54) is 6.20 Å². The molecule has 80 valence electrons. The molecule has 1 N–H and O–H groups in total. The molecule has 0 unspecified atom stereocenters. The number of rotatable bonds is 1. The molecule has 0 fully saturated rings. The summed E-state index contributed by atoms with van der Waals surface area (Å²) in [6.45, 7) is 2.61. The standard InChI is InChI=1S/C10H8N4O2/c1-2-14-8-5(4-12-14)7-6(3-11-8)9(15)13-10(7)16/h3-4H,2H2,1H3,(H,13,15,16). The van der Waals surface area contributed by atoms with E-state index >= 15 is 0 Å². The van der Waals surface area contributed by atoms with Crippen LogP contribution >= 0.6 is 0 Å². The largest absolute Gasteiger partial charge is 0.288 e. The van der Waals surface area contributed by atoms with Crippen LogP contribution in [-0.2, 0) is 6.54 Å². The Labute approximate surface area is 90.3 Å². The normalized spacial score (nSPS) is 14.3. The first-order valence-corrected chi connectivity index (χ1v) is 4.92. The van der Waals surface area contributed by atoms with Gasteiger partial charge in [-0.25, -0.2) is 9.67 Å².